The van der Waals surface area contributed by atoms with E-state index in [0.717, 1.165) is 79.4 Å². The van der Waals surface area contributed by atoms with Gasteiger partial charge < -0.3 is 13.8 Å². The van der Waals surface area contributed by atoms with Crippen molar-refractivity contribution in [3.05, 3.63) is 166 Å². The van der Waals surface area contributed by atoms with Gasteiger partial charge in [-0.05, 0) is 76.8 Å². The van der Waals surface area contributed by atoms with Crippen LogP contribution in [0.1, 0.15) is 93.1 Å². The molecule has 8 heteroatoms. The van der Waals surface area contributed by atoms with Crippen LogP contribution in [0.25, 0.3) is 33.7 Å². The summed E-state index contributed by atoms with van der Waals surface area (Å²) in [6.07, 6.45) is -4.54. The highest BCUT2D eigenvalue weighted by Crippen LogP contribution is 2.46. The van der Waals surface area contributed by atoms with Crippen molar-refractivity contribution in [1.82, 2.24) is 4.48 Å². The molecule has 0 bridgehead atoms. The minimum Gasteiger partial charge on any atom is -0.503 e. The Bertz CT molecular complexity index is 2530. The Morgan fingerprint density at radius 3 is 1.71 bits per heavy atom. The van der Waals surface area contributed by atoms with Gasteiger partial charge in [0.05, 0.1) is 17.0 Å². The van der Waals surface area contributed by atoms with E-state index in [2.05, 4.69) is 146 Å². The summed E-state index contributed by atoms with van der Waals surface area (Å²) >= 11 is 0. The number of benzene rings is 5. The maximum absolute atomic E-state index is 13.9. The maximum atomic E-state index is 13.9. The fourth-order valence-electron chi connectivity index (χ4n) is 7.54. The van der Waals surface area contributed by atoms with Crippen LogP contribution in [-0.4, -0.2) is 17.4 Å². The SMILES string of the molecule is C/C(=C1/N=C(c2ccc(C)cc2)c2ccccc21)c1c(-c2ccc(C(C)(C)C)cc2)cc(-c2ccc(C(C)(C)C)cc2)n1B1Oc2ccc(C(F)(F)F)cc2O1. The van der Waals surface area contributed by atoms with Gasteiger partial charge >= 0.3 is 13.4 Å². The molecule has 0 N–H and O–H groups in total. The van der Waals surface area contributed by atoms with E-state index in [1.807, 2.05) is 16.6 Å². The standard InChI is InChI=1S/C48H44BF3N2O2/c1-29-13-15-33(16-14-29)44-38-12-10-9-11-37(38)43(53-44)30(2)45-39(31-17-21-34(22-18-31)46(3,4)5)28-40(32-19-23-35(24-20-32)47(6,7)8)54(45)49-55-41-26-25-36(48(50,51)52)27-42(41)56-49/h9-28H,1-8H3/b43-30-. The molecule has 0 unspecified atom stereocenters. The molecule has 1 aromatic heterocycles. The van der Waals surface area contributed by atoms with Crippen molar-refractivity contribution in [3.8, 4) is 33.9 Å². The van der Waals surface area contributed by atoms with Gasteiger partial charge in [0.15, 0.2) is 0 Å². The highest BCUT2D eigenvalue weighted by atomic mass is 19.4. The van der Waals surface area contributed by atoms with E-state index in [0.29, 0.717) is 0 Å². The quantitative estimate of drug-likeness (QED) is 0.165. The van der Waals surface area contributed by atoms with Crippen LogP contribution < -0.4 is 9.31 Å². The average Bonchev–Trinajstić information content (AvgIpc) is 3.87. The Hall–Kier alpha value is -5.76. The van der Waals surface area contributed by atoms with Gasteiger partial charge in [0, 0.05) is 33.6 Å². The summed E-state index contributed by atoms with van der Waals surface area (Å²) in [7, 11) is -1.11. The summed E-state index contributed by atoms with van der Waals surface area (Å²) in [4.78, 5) is 5.36. The molecule has 56 heavy (non-hydrogen) atoms. The van der Waals surface area contributed by atoms with Crippen molar-refractivity contribution in [2.75, 3.05) is 0 Å². The third-order valence-corrected chi connectivity index (χ3v) is 10.8. The van der Waals surface area contributed by atoms with E-state index >= 15 is 0 Å². The van der Waals surface area contributed by atoms with Crippen LogP contribution in [0.3, 0.4) is 0 Å². The molecule has 0 amide bonds. The molecule has 2 aliphatic heterocycles. The first-order chi connectivity index (χ1) is 26.5. The minimum absolute atomic E-state index is 0.0331. The van der Waals surface area contributed by atoms with Crippen molar-refractivity contribution in [2.24, 2.45) is 4.99 Å². The number of aryl methyl sites for hydroxylation is 1. The molecular weight excluding hydrogens is 704 g/mol. The smallest absolute Gasteiger partial charge is 0.503 e. The van der Waals surface area contributed by atoms with E-state index in [-0.39, 0.29) is 22.3 Å². The lowest BCUT2D eigenvalue weighted by Crippen LogP contribution is -2.36. The molecule has 0 atom stereocenters. The van der Waals surface area contributed by atoms with E-state index in [1.165, 1.54) is 17.2 Å². The Morgan fingerprint density at radius 2 is 1.12 bits per heavy atom. The largest absolute Gasteiger partial charge is 0.743 e. The number of rotatable bonds is 5. The zero-order valence-corrected chi connectivity index (χ0v) is 33.0. The molecule has 8 rings (SSSR count). The summed E-state index contributed by atoms with van der Waals surface area (Å²) in [5.74, 6) is 0.273. The minimum atomic E-state index is -4.54. The highest BCUT2D eigenvalue weighted by Gasteiger charge is 2.42. The number of hydrogen-bond acceptors (Lipinski definition) is 3. The molecular formula is C48H44BF3N2O2. The summed E-state index contributed by atoms with van der Waals surface area (Å²) in [5, 5.41) is 0. The van der Waals surface area contributed by atoms with Crippen LogP contribution in [0.15, 0.2) is 126 Å². The second-order valence-corrected chi connectivity index (χ2v) is 16.9. The lowest BCUT2D eigenvalue weighted by Gasteiger charge is -2.20. The first kappa shape index (κ1) is 37.2. The molecule has 5 aromatic carbocycles. The van der Waals surface area contributed by atoms with Crippen LogP contribution in [0.5, 0.6) is 11.5 Å². The van der Waals surface area contributed by atoms with Gasteiger partial charge in [-0.3, -0.25) is 0 Å². The van der Waals surface area contributed by atoms with Crippen LogP contribution in [0, 0.1) is 6.92 Å². The third-order valence-electron chi connectivity index (χ3n) is 10.8. The number of halogens is 3. The molecule has 2 aliphatic rings. The molecule has 0 spiro atoms. The van der Waals surface area contributed by atoms with Gasteiger partial charge in [-0.25, -0.2) is 4.99 Å². The van der Waals surface area contributed by atoms with Crippen molar-refractivity contribution < 1.29 is 22.5 Å². The molecule has 282 valence electrons. The first-order valence-electron chi connectivity index (χ1n) is 19.0. The van der Waals surface area contributed by atoms with Gasteiger partial charge in [-0.15, -0.1) is 0 Å². The summed E-state index contributed by atoms with van der Waals surface area (Å²) in [5.41, 5.74) is 12.6. The number of alkyl halides is 3. The van der Waals surface area contributed by atoms with E-state index < -0.39 is 19.0 Å². The van der Waals surface area contributed by atoms with Crippen LogP contribution in [0.2, 0.25) is 0 Å². The van der Waals surface area contributed by atoms with Crippen LogP contribution >= 0.6 is 0 Å². The Balaban J connectivity index is 1.40. The number of hydrogen-bond donors (Lipinski definition) is 0. The van der Waals surface area contributed by atoms with Gasteiger partial charge in [0.2, 0.25) is 0 Å². The second kappa shape index (κ2) is 13.5. The second-order valence-electron chi connectivity index (χ2n) is 16.9. The lowest BCUT2D eigenvalue weighted by atomic mass is 9.86. The van der Waals surface area contributed by atoms with E-state index in [4.69, 9.17) is 14.3 Å². The summed E-state index contributed by atoms with van der Waals surface area (Å²) in [6, 6.07) is 39.1. The molecule has 0 aliphatic carbocycles. The zero-order valence-electron chi connectivity index (χ0n) is 33.0. The molecule has 6 aromatic rings. The zero-order chi connectivity index (χ0) is 39.7. The summed E-state index contributed by atoms with van der Waals surface area (Å²) < 4.78 is 56.5. The van der Waals surface area contributed by atoms with Gasteiger partial charge in [-0.2, -0.15) is 13.2 Å². The molecule has 0 radical (unpaired) electrons. The Kier molecular flexibility index (Phi) is 8.94. The van der Waals surface area contributed by atoms with Crippen molar-refractivity contribution >= 4 is 24.2 Å². The van der Waals surface area contributed by atoms with Crippen molar-refractivity contribution in [1.29, 1.82) is 0 Å². The number of aliphatic imine (C=N–C) groups is 1. The van der Waals surface area contributed by atoms with Gasteiger partial charge in [0.1, 0.15) is 11.5 Å². The number of allylic oxidation sites excluding steroid dienone is 1. The fraction of sp³-hybridized carbons (Fsp3) is 0.229. The molecule has 0 saturated carbocycles. The Morgan fingerprint density at radius 1 is 0.589 bits per heavy atom. The fourth-order valence-corrected chi connectivity index (χ4v) is 7.54. The van der Waals surface area contributed by atoms with Gasteiger partial charge in [-0.1, -0.05) is 144 Å². The topological polar surface area (TPSA) is 35.8 Å². The predicted octanol–water partition coefficient (Wildman–Crippen LogP) is 12.8. The van der Waals surface area contributed by atoms with Gasteiger partial charge in [0.25, 0.3) is 0 Å². The van der Waals surface area contributed by atoms with Crippen molar-refractivity contribution in [3.63, 3.8) is 0 Å². The first-order valence-corrected chi connectivity index (χ1v) is 19.0. The molecule has 4 nitrogen and oxygen atoms in total. The molecule has 0 fully saturated rings. The number of aromatic nitrogens is 1. The molecule has 3 heterocycles. The van der Waals surface area contributed by atoms with Crippen molar-refractivity contribution in [2.45, 2.75) is 72.4 Å². The van der Waals surface area contributed by atoms with Crippen LogP contribution in [-0.2, 0) is 17.0 Å². The monoisotopic (exact) mass is 748 g/mol. The van der Waals surface area contributed by atoms with E-state index in [1.54, 1.807) is 0 Å². The highest BCUT2D eigenvalue weighted by molar-refractivity contribution is 6.47. The Labute approximate surface area is 327 Å². The lowest BCUT2D eigenvalue weighted by molar-refractivity contribution is -0.137. The molecule has 0 saturated heterocycles. The predicted molar refractivity (Wildman–Crippen MR) is 222 cm³/mol. The summed E-state index contributed by atoms with van der Waals surface area (Å²) in [6.45, 7) is 17.2. The number of nitrogens with zero attached hydrogens (tertiary/aromatic N) is 2. The average molecular weight is 749 g/mol. The maximum Gasteiger partial charge on any atom is 0.743 e. The number of fused-ring (bicyclic) bond motifs is 2. The third kappa shape index (κ3) is 6.76. The van der Waals surface area contributed by atoms with E-state index in [9.17, 15) is 13.2 Å². The normalized spacial score (nSPS) is 14.9. The van der Waals surface area contributed by atoms with Crippen LogP contribution in [0.4, 0.5) is 13.2 Å².